The van der Waals surface area contributed by atoms with Crippen molar-refractivity contribution in [3.8, 4) is 0 Å². The molecule has 0 spiro atoms. The van der Waals surface area contributed by atoms with Gasteiger partial charge < -0.3 is 20.3 Å². The molecule has 10 nitrogen and oxygen atoms in total. The van der Waals surface area contributed by atoms with Crippen molar-refractivity contribution in [3.05, 3.63) is 16.7 Å². The number of hydrogen-bond donors (Lipinski definition) is 2. The largest absolute Gasteiger partial charge is 0.383 e. The van der Waals surface area contributed by atoms with E-state index in [0.717, 1.165) is 43.9 Å². The Labute approximate surface area is 177 Å². The minimum absolute atomic E-state index is 0.0446. The van der Waals surface area contributed by atoms with Crippen LogP contribution in [0, 0.1) is 5.92 Å². The van der Waals surface area contributed by atoms with Gasteiger partial charge in [0.05, 0.1) is 6.61 Å². The Bertz CT molecular complexity index is 977. The van der Waals surface area contributed by atoms with Gasteiger partial charge in [0.25, 0.3) is 5.56 Å². The van der Waals surface area contributed by atoms with Gasteiger partial charge in [-0.3, -0.25) is 19.0 Å². The van der Waals surface area contributed by atoms with E-state index in [0.29, 0.717) is 29.5 Å². The average molecular weight is 435 g/mol. The highest BCUT2D eigenvalue weighted by Crippen LogP contribution is 2.29. The fourth-order valence-corrected chi connectivity index (χ4v) is 4.49. The SMILES string of the molecule is COCCNC(=O)Cn1cnc2nc(N3CCC(C(=O)NC4CC4)CC3)sc2c1=O. The Morgan fingerprint density at radius 1 is 1.27 bits per heavy atom. The maximum Gasteiger partial charge on any atom is 0.273 e. The van der Waals surface area contributed by atoms with Gasteiger partial charge in [-0.1, -0.05) is 11.3 Å². The summed E-state index contributed by atoms with van der Waals surface area (Å²) >= 11 is 1.29. The first-order valence-electron chi connectivity index (χ1n) is 10.2. The first kappa shape index (κ1) is 20.7. The van der Waals surface area contributed by atoms with Crippen LogP contribution in [0.5, 0.6) is 0 Å². The molecule has 0 bridgehead atoms. The van der Waals surface area contributed by atoms with Crippen molar-refractivity contribution < 1.29 is 14.3 Å². The molecule has 4 rings (SSSR count). The quantitative estimate of drug-likeness (QED) is 0.566. The summed E-state index contributed by atoms with van der Waals surface area (Å²) in [6.07, 6.45) is 5.09. The average Bonchev–Trinajstić information content (AvgIpc) is 3.45. The Morgan fingerprint density at radius 3 is 2.73 bits per heavy atom. The van der Waals surface area contributed by atoms with Crippen molar-refractivity contribution in [2.45, 2.75) is 38.3 Å². The number of methoxy groups -OCH3 is 1. The van der Waals surface area contributed by atoms with Gasteiger partial charge >= 0.3 is 0 Å². The lowest BCUT2D eigenvalue weighted by Crippen LogP contribution is -2.41. The van der Waals surface area contributed by atoms with E-state index in [-0.39, 0.29) is 29.8 Å². The summed E-state index contributed by atoms with van der Waals surface area (Å²) < 4.78 is 6.62. The number of ether oxygens (including phenoxy) is 1. The van der Waals surface area contributed by atoms with Crippen molar-refractivity contribution in [1.82, 2.24) is 25.2 Å². The molecule has 162 valence electrons. The van der Waals surface area contributed by atoms with Crippen LogP contribution >= 0.6 is 11.3 Å². The van der Waals surface area contributed by atoms with Crippen LogP contribution in [0.1, 0.15) is 25.7 Å². The molecule has 2 aromatic heterocycles. The molecule has 1 saturated heterocycles. The molecule has 3 heterocycles. The minimum atomic E-state index is -0.274. The molecule has 2 N–H and O–H groups in total. The van der Waals surface area contributed by atoms with E-state index < -0.39 is 0 Å². The monoisotopic (exact) mass is 434 g/mol. The second kappa shape index (κ2) is 9.09. The first-order valence-corrected chi connectivity index (χ1v) is 11.0. The normalized spacial score (nSPS) is 17.3. The van der Waals surface area contributed by atoms with E-state index in [1.807, 2.05) is 0 Å². The summed E-state index contributed by atoms with van der Waals surface area (Å²) in [7, 11) is 1.56. The predicted octanol–water partition coefficient (Wildman–Crippen LogP) is 0.111. The lowest BCUT2D eigenvalue weighted by molar-refractivity contribution is -0.125. The summed E-state index contributed by atoms with van der Waals surface area (Å²) in [6.45, 7) is 2.14. The zero-order chi connectivity index (χ0) is 21.1. The Hall–Kier alpha value is -2.53. The standard InChI is InChI=1S/C19H26N6O4S/c1-29-9-6-20-14(26)10-25-11-21-16-15(18(25)28)30-19(23-16)24-7-4-12(5-8-24)17(27)22-13-2-3-13/h11-13H,2-10H2,1H3,(H,20,26)(H,22,27). The van der Waals surface area contributed by atoms with E-state index in [1.165, 1.54) is 22.2 Å². The molecule has 1 aliphatic carbocycles. The number of nitrogens with one attached hydrogen (secondary N) is 2. The van der Waals surface area contributed by atoms with Gasteiger partial charge in [-0.15, -0.1) is 0 Å². The summed E-state index contributed by atoms with van der Waals surface area (Å²) in [6, 6.07) is 0.384. The van der Waals surface area contributed by atoms with E-state index in [1.54, 1.807) is 7.11 Å². The third kappa shape index (κ3) is 4.78. The van der Waals surface area contributed by atoms with Crippen LogP contribution in [0.3, 0.4) is 0 Å². The van der Waals surface area contributed by atoms with Gasteiger partial charge in [0.1, 0.15) is 17.6 Å². The highest BCUT2D eigenvalue weighted by molar-refractivity contribution is 7.22. The molecular weight excluding hydrogens is 408 g/mol. The molecule has 2 aromatic rings. The fourth-order valence-electron chi connectivity index (χ4n) is 3.47. The molecular formula is C19H26N6O4S. The number of rotatable bonds is 8. The second-order valence-corrected chi connectivity index (χ2v) is 8.69. The van der Waals surface area contributed by atoms with Crippen LogP contribution in [0.2, 0.25) is 0 Å². The number of aromatic nitrogens is 3. The highest BCUT2D eigenvalue weighted by atomic mass is 32.1. The smallest absolute Gasteiger partial charge is 0.273 e. The number of nitrogens with zero attached hydrogens (tertiary/aromatic N) is 4. The van der Waals surface area contributed by atoms with Crippen molar-refractivity contribution in [1.29, 1.82) is 0 Å². The second-order valence-electron chi connectivity index (χ2n) is 7.71. The number of carbonyl (C=O) groups is 2. The Kier molecular flexibility index (Phi) is 6.28. The maximum absolute atomic E-state index is 12.8. The number of amides is 2. The molecule has 2 aliphatic rings. The van der Waals surface area contributed by atoms with Crippen LogP contribution in [-0.4, -0.2) is 65.7 Å². The number of fused-ring (bicyclic) bond motifs is 1. The number of piperidine rings is 1. The molecule has 1 aliphatic heterocycles. The van der Waals surface area contributed by atoms with Gasteiger partial charge in [0.15, 0.2) is 10.8 Å². The number of thiazole rings is 1. The number of anilines is 1. The van der Waals surface area contributed by atoms with Crippen LogP contribution in [0.4, 0.5) is 5.13 Å². The van der Waals surface area contributed by atoms with Crippen molar-refractivity contribution in [2.24, 2.45) is 5.92 Å². The van der Waals surface area contributed by atoms with E-state index in [2.05, 4.69) is 25.5 Å². The molecule has 0 radical (unpaired) electrons. The minimum Gasteiger partial charge on any atom is -0.383 e. The van der Waals surface area contributed by atoms with E-state index in [9.17, 15) is 14.4 Å². The Balaban J connectivity index is 1.40. The molecule has 11 heteroatoms. The van der Waals surface area contributed by atoms with Gasteiger partial charge in [-0.2, -0.15) is 4.98 Å². The molecule has 0 atom stereocenters. The third-order valence-electron chi connectivity index (χ3n) is 5.37. The van der Waals surface area contributed by atoms with Gasteiger partial charge in [0.2, 0.25) is 11.8 Å². The van der Waals surface area contributed by atoms with E-state index in [4.69, 9.17) is 4.74 Å². The topological polar surface area (TPSA) is 118 Å². The van der Waals surface area contributed by atoms with Crippen molar-refractivity contribution >= 4 is 38.6 Å². The summed E-state index contributed by atoms with van der Waals surface area (Å²) in [5.74, 6) is -0.0652. The molecule has 0 unspecified atom stereocenters. The van der Waals surface area contributed by atoms with Crippen LogP contribution in [-0.2, 0) is 20.9 Å². The van der Waals surface area contributed by atoms with Gasteiger partial charge in [-0.25, -0.2) is 4.98 Å². The van der Waals surface area contributed by atoms with Crippen LogP contribution < -0.4 is 21.1 Å². The molecule has 0 aromatic carbocycles. The molecule has 2 fully saturated rings. The predicted molar refractivity (Wildman–Crippen MR) is 113 cm³/mol. The zero-order valence-corrected chi connectivity index (χ0v) is 17.7. The number of carbonyl (C=O) groups excluding carboxylic acids is 2. The van der Waals surface area contributed by atoms with Crippen molar-refractivity contribution in [3.63, 3.8) is 0 Å². The lowest BCUT2D eigenvalue weighted by atomic mass is 9.96. The molecule has 2 amide bonds. The fraction of sp³-hybridized carbons (Fsp3) is 0.632. The summed E-state index contributed by atoms with van der Waals surface area (Å²) in [4.78, 5) is 47.9. The lowest BCUT2D eigenvalue weighted by Gasteiger charge is -2.30. The summed E-state index contributed by atoms with van der Waals surface area (Å²) in [5, 5.41) is 6.50. The third-order valence-corrected chi connectivity index (χ3v) is 6.47. The Morgan fingerprint density at radius 2 is 2.03 bits per heavy atom. The molecule has 1 saturated carbocycles. The zero-order valence-electron chi connectivity index (χ0n) is 16.9. The highest BCUT2D eigenvalue weighted by Gasteiger charge is 2.30. The van der Waals surface area contributed by atoms with E-state index >= 15 is 0 Å². The van der Waals surface area contributed by atoms with Crippen LogP contribution in [0.15, 0.2) is 11.1 Å². The van der Waals surface area contributed by atoms with Gasteiger partial charge in [0, 0.05) is 38.7 Å². The van der Waals surface area contributed by atoms with Crippen LogP contribution in [0.25, 0.3) is 10.3 Å². The van der Waals surface area contributed by atoms with Crippen molar-refractivity contribution in [2.75, 3.05) is 38.3 Å². The molecule has 30 heavy (non-hydrogen) atoms. The number of hydrogen-bond acceptors (Lipinski definition) is 8. The van der Waals surface area contributed by atoms with Gasteiger partial charge in [-0.05, 0) is 25.7 Å². The first-order chi connectivity index (χ1) is 14.5. The summed E-state index contributed by atoms with van der Waals surface area (Å²) in [5.41, 5.74) is 0.119. The maximum atomic E-state index is 12.8.